The van der Waals surface area contributed by atoms with E-state index in [-0.39, 0.29) is 0 Å². The smallest absolute Gasteiger partial charge is 0.145 e. The van der Waals surface area contributed by atoms with Crippen LogP contribution in [-0.4, -0.2) is 13.4 Å². The molecule has 0 fully saturated rings. The van der Waals surface area contributed by atoms with E-state index in [2.05, 4.69) is 0 Å². The van der Waals surface area contributed by atoms with Gasteiger partial charge in [-0.2, -0.15) is 0 Å². The number of ether oxygens (including phenoxy) is 1. The molecule has 1 aromatic rings. The predicted molar refractivity (Wildman–Crippen MR) is 57.1 cm³/mol. The molecule has 14 heavy (non-hydrogen) atoms. The summed E-state index contributed by atoms with van der Waals surface area (Å²) in [7, 11) is 1.56. The number of para-hydroxylation sites is 1. The first-order valence-corrected chi connectivity index (χ1v) is 4.25. The minimum atomic E-state index is 0.552. The van der Waals surface area contributed by atoms with Crippen molar-refractivity contribution in [1.82, 2.24) is 0 Å². The molecule has 0 aliphatic heterocycles. The van der Waals surface area contributed by atoms with Crippen LogP contribution in [0.5, 0.6) is 5.75 Å². The molecule has 2 N–H and O–H groups in total. The molecule has 0 atom stereocenters. The maximum absolute atomic E-state index is 10.4. The molecule has 0 saturated heterocycles. The first kappa shape index (κ1) is 10.3. The molecule has 0 bridgehead atoms. The standard InChI is InChI=1S/C11H13NO2/c1-8(7-13)6-9-4-3-5-10(14-2)11(9)12/h3-7H,12H2,1-2H3. The Bertz CT molecular complexity index is 370. The van der Waals surface area contributed by atoms with E-state index in [1.165, 1.54) is 0 Å². The molecular weight excluding hydrogens is 178 g/mol. The van der Waals surface area contributed by atoms with E-state index in [9.17, 15) is 4.79 Å². The Hall–Kier alpha value is -1.77. The van der Waals surface area contributed by atoms with Gasteiger partial charge in [-0.25, -0.2) is 0 Å². The van der Waals surface area contributed by atoms with Crippen molar-refractivity contribution in [2.75, 3.05) is 12.8 Å². The molecule has 0 radical (unpaired) electrons. The molecule has 0 spiro atoms. The normalized spacial score (nSPS) is 11.1. The highest BCUT2D eigenvalue weighted by molar-refractivity contribution is 5.84. The third kappa shape index (κ3) is 2.13. The van der Waals surface area contributed by atoms with Crippen molar-refractivity contribution in [1.29, 1.82) is 0 Å². The molecule has 0 unspecified atom stereocenters. The zero-order valence-electron chi connectivity index (χ0n) is 8.28. The predicted octanol–water partition coefficient (Wildman–Crippen LogP) is 1.88. The molecule has 0 aliphatic carbocycles. The number of anilines is 1. The van der Waals surface area contributed by atoms with Gasteiger partial charge in [-0.15, -0.1) is 0 Å². The highest BCUT2D eigenvalue weighted by atomic mass is 16.5. The number of methoxy groups -OCH3 is 1. The highest BCUT2D eigenvalue weighted by Crippen LogP contribution is 2.26. The van der Waals surface area contributed by atoms with Crippen molar-refractivity contribution in [3.8, 4) is 5.75 Å². The van der Waals surface area contributed by atoms with Crippen LogP contribution < -0.4 is 10.5 Å². The van der Waals surface area contributed by atoms with Crippen LogP contribution in [0.25, 0.3) is 6.08 Å². The average molecular weight is 191 g/mol. The number of benzene rings is 1. The van der Waals surface area contributed by atoms with Crippen molar-refractivity contribution < 1.29 is 9.53 Å². The summed E-state index contributed by atoms with van der Waals surface area (Å²) in [5, 5.41) is 0. The molecule has 74 valence electrons. The molecule has 0 heterocycles. The van der Waals surface area contributed by atoms with Gasteiger partial charge in [0.25, 0.3) is 0 Å². The lowest BCUT2D eigenvalue weighted by molar-refractivity contribution is -0.104. The van der Waals surface area contributed by atoms with Gasteiger partial charge in [0.05, 0.1) is 12.8 Å². The summed E-state index contributed by atoms with van der Waals surface area (Å²) >= 11 is 0. The summed E-state index contributed by atoms with van der Waals surface area (Å²) in [4.78, 5) is 10.4. The maximum Gasteiger partial charge on any atom is 0.145 e. The van der Waals surface area contributed by atoms with Crippen molar-refractivity contribution in [2.24, 2.45) is 0 Å². The Labute approximate surface area is 83.2 Å². The van der Waals surface area contributed by atoms with Gasteiger partial charge in [-0.3, -0.25) is 4.79 Å². The van der Waals surface area contributed by atoms with E-state index in [1.807, 2.05) is 12.1 Å². The fraction of sp³-hybridized carbons (Fsp3) is 0.182. The highest BCUT2D eigenvalue weighted by Gasteiger charge is 2.02. The quantitative estimate of drug-likeness (QED) is 0.451. The fourth-order valence-corrected chi connectivity index (χ4v) is 1.14. The molecule has 0 amide bonds. The van der Waals surface area contributed by atoms with Gasteiger partial charge in [0, 0.05) is 5.56 Å². The molecule has 3 nitrogen and oxygen atoms in total. The van der Waals surface area contributed by atoms with Crippen LogP contribution in [0.15, 0.2) is 23.8 Å². The summed E-state index contributed by atoms with van der Waals surface area (Å²) < 4.78 is 5.06. The second-order valence-corrected chi connectivity index (χ2v) is 2.97. The zero-order valence-corrected chi connectivity index (χ0v) is 8.28. The van der Waals surface area contributed by atoms with E-state index in [0.29, 0.717) is 17.0 Å². The number of rotatable bonds is 3. The van der Waals surface area contributed by atoms with E-state index in [4.69, 9.17) is 10.5 Å². The first-order chi connectivity index (χ1) is 6.69. The summed E-state index contributed by atoms with van der Waals surface area (Å²) in [6, 6.07) is 5.45. The van der Waals surface area contributed by atoms with Crippen LogP contribution >= 0.6 is 0 Å². The van der Waals surface area contributed by atoms with Crippen LogP contribution in [0, 0.1) is 0 Å². The molecule has 1 rings (SSSR count). The minimum Gasteiger partial charge on any atom is -0.495 e. The minimum absolute atomic E-state index is 0.552. The Morgan fingerprint density at radius 3 is 2.79 bits per heavy atom. The Balaban J connectivity index is 3.16. The third-order valence-electron chi connectivity index (χ3n) is 1.89. The summed E-state index contributed by atoms with van der Waals surface area (Å²) in [6.07, 6.45) is 2.52. The number of hydrogen-bond acceptors (Lipinski definition) is 3. The summed E-state index contributed by atoms with van der Waals surface area (Å²) in [6.45, 7) is 1.73. The van der Waals surface area contributed by atoms with Gasteiger partial charge in [-0.1, -0.05) is 12.1 Å². The van der Waals surface area contributed by atoms with Crippen molar-refractivity contribution >= 4 is 18.0 Å². The van der Waals surface area contributed by atoms with E-state index < -0.39 is 0 Å². The number of hydrogen-bond donors (Lipinski definition) is 1. The lowest BCUT2D eigenvalue weighted by atomic mass is 10.1. The third-order valence-corrected chi connectivity index (χ3v) is 1.89. The second-order valence-electron chi connectivity index (χ2n) is 2.97. The summed E-state index contributed by atoms with van der Waals surface area (Å²) in [5.41, 5.74) is 7.79. The number of nitrogens with two attached hydrogens (primary N) is 1. The molecule has 0 aromatic heterocycles. The van der Waals surface area contributed by atoms with E-state index in [1.54, 1.807) is 26.2 Å². The van der Waals surface area contributed by atoms with E-state index in [0.717, 1.165) is 11.8 Å². The van der Waals surface area contributed by atoms with Crippen molar-refractivity contribution in [3.63, 3.8) is 0 Å². The van der Waals surface area contributed by atoms with Crippen LogP contribution in [0.2, 0.25) is 0 Å². The molecule has 0 aliphatic rings. The van der Waals surface area contributed by atoms with Gasteiger partial charge in [0.1, 0.15) is 12.0 Å². The van der Waals surface area contributed by atoms with Crippen molar-refractivity contribution in [2.45, 2.75) is 6.92 Å². The maximum atomic E-state index is 10.4. The van der Waals surface area contributed by atoms with Gasteiger partial charge in [0.2, 0.25) is 0 Å². The van der Waals surface area contributed by atoms with Gasteiger partial charge in [0.15, 0.2) is 0 Å². The van der Waals surface area contributed by atoms with E-state index >= 15 is 0 Å². The van der Waals surface area contributed by atoms with Gasteiger partial charge >= 0.3 is 0 Å². The average Bonchev–Trinajstić information content (AvgIpc) is 2.21. The first-order valence-electron chi connectivity index (χ1n) is 4.25. The molecular formula is C11H13NO2. The fourth-order valence-electron chi connectivity index (χ4n) is 1.14. The SMILES string of the molecule is COc1cccc(C=C(C)C=O)c1N. The topological polar surface area (TPSA) is 52.3 Å². The number of nitrogen functional groups attached to an aromatic ring is 1. The second kappa shape index (κ2) is 4.46. The van der Waals surface area contributed by atoms with Crippen LogP contribution in [0.1, 0.15) is 12.5 Å². The number of carbonyl (C=O) groups excluding carboxylic acids is 1. The Kier molecular flexibility index (Phi) is 3.29. The molecule has 1 aromatic carbocycles. The zero-order chi connectivity index (χ0) is 10.6. The van der Waals surface area contributed by atoms with Gasteiger partial charge in [-0.05, 0) is 24.6 Å². The Morgan fingerprint density at radius 2 is 2.21 bits per heavy atom. The lowest BCUT2D eigenvalue weighted by Crippen LogP contribution is -1.95. The monoisotopic (exact) mass is 191 g/mol. The molecule has 3 heteroatoms. The van der Waals surface area contributed by atoms with Crippen LogP contribution in [-0.2, 0) is 4.79 Å². The largest absolute Gasteiger partial charge is 0.495 e. The van der Waals surface area contributed by atoms with Crippen LogP contribution in [0.3, 0.4) is 0 Å². The number of aldehydes is 1. The lowest BCUT2D eigenvalue weighted by Gasteiger charge is -2.06. The number of allylic oxidation sites excluding steroid dienone is 1. The number of carbonyl (C=O) groups is 1. The van der Waals surface area contributed by atoms with Crippen molar-refractivity contribution in [3.05, 3.63) is 29.3 Å². The molecule has 0 saturated carbocycles. The van der Waals surface area contributed by atoms with Gasteiger partial charge < -0.3 is 10.5 Å². The Morgan fingerprint density at radius 1 is 1.50 bits per heavy atom. The van der Waals surface area contributed by atoms with Crippen LogP contribution in [0.4, 0.5) is 5.69 Å². The summed E-state index contributed by atoms with van der Waals surface area (Å²) in [5.74, 6) is 0.623.